The number of benzene rings is 2. The van der Waals surface area contributed by atoms with Gasteiger partial charge < -0.3 is 20.5 Å². The molecule has 0 spiro atoms. The molecule has 0 fully saturated rings. The van der Waals surface area contributed by atoms with Crippen molar-refractivity contribution in [2.24, 2.45) is 4.99 Å². The normalized spacial score (nSPS) is 12.6. The third kappa shape index (κ3) is 6.58. The van der Waals surface area contributed by atoms with Gasteiger partial charge in [0.1, 0.15) is 5.75 Å². The van der Waals surface area contributed by atoms with Crippen molar-refractivity contribution in [1.82, 2.24) is 20.4 Å². The highest BCUT2D eigenvalue weighted by Gasteiger charge is 2.14. The molecule has 0 saturated heterocycles. The van der Waals surface area contributed by atoms with Gasteiger partial charge in [-0.15, -0.1) is 0 Å². The molecule has 0 aliphatic heterocycles. The lowest BCUT2D eigenvalue weighted by atomic mass is 10.1. The van der Waals surface area contributed by atoms with Gasteiger partial charge in [-0.25, -0.2) is 9.67 Å². The van der Waals surface area contributed by atoms with Crippen LogP contribution in [0.3, 0.4) is 0 Å². The van der Waals surface area contributed by atoms with Crippen LogP contribution in [-0.2, 0) is 6.54 Å². The Morgan fingerprint density at radius 1 is 1.09 bits per heavy atom. The zero-order chi connectivity index (χ0) is 23.8. The van der Waals surface area contributed by atoms with Crippen LogP contribution >= 0.6 is 0 Å². The molecule has 0 bridgehead atoms. The number of nitrogens with one attached hydrogen (secondary N) is 2. The van der Waals surface area contributed by atoms with Gasteiger partial charge in [-0.2, -0.15) is 5.10 Å². The molecule has 0 saturated carbocycles. The van der Waals surface area contributed by atoms with Crippen molar-refractivity contribution in [2.75, 3.05) is 13.1 Å². The van der Waals surface area contributed by atoms with E-state index >= 15 is 0 Å². The van der Waals surface area contributed by atoms with Crippen LogP contribution in [-0.4, -0.2) is 40.0 Å². The molecule has 7 heteroatoms. The molecular weight excluding hydrogens is 414 g/mol. The molecule has 0 aliphatic carbocycles. The quantitative estimate of drug-likeness (QED) is 0.339. The van der Waals surface area contributed by atoms with E-state index in [1.54, 1.807) is 0 Å². The summed E-state index contributed by atoms with van der Waals surface area (Å²) in [6.45, 7) is 11.6. The van der Waals surface area contributed by atoms with E-state index in [-0.39, 0.29) is 6.10 Å². The Kier molecular flexibility index (Phi) is 8.49. The molecule has 1 atom stereocenters. The Hall–Kier alpha value is -3.32. The topological polar surface area (TPSA) is 83.7 Å². The van der Waals surface area contributed by atoms with E-state index < -0.39 is 6.10 Å². The molecular formula is C26H35N5O2. The zero-order valence-electron chi connectivity index (χ0n) is 20.2. The van der Waals surface area contributed by atoms with Crippen LogP contribution in [0, 0.1) is 13.8 Å². The zero-order valence-corrected chi connectivity index (χ0v) is 20.2. The number of ether oxygens (including phenoxy) is 1. The molecule has 1 unspecified atom stereocenters. The lowest BCUT2D eigenvalue weighted by molar-refractivity contribution is 0.179. The lowest BCUT2D eigenvalue weighted by Crippen LogP contribution is -2.39. The number of rotatable bonds is 9. The predicted molar refractivity (Wildman–Crippen MR) is 133 cm³/mol. The van der Waals surface area contributed by atoms with Crippen molar-refractivity contribution in [1.29, 1.82) is 0 Å². The summed E-state index contributed by atoms with van der Waals surface area (Å²) >= 11 is 0. The number of aliphatic hydroxyl groups is 1. The maximum Gasteiger partial charge on any atom is 0.191 e. The number of aryl methyl sites for hydroxylation is 1. The molecule has 1 aromatic heterocycles. The summed E-state index contributed by atoms with van der Waals surface area (Å²) in [5, 5.41) is 21.9. The van der Waals surface area contributed by atoms with E-state index in [2.05, 4.69) is 17.6 Å². The molecule has 3 rings (SSSR count). The first-order valence-electron chi connectivity index (χ1n) is 11.5. The van der Waals surface area contributed by atoms with Crippen LogP contribution in [0.1, 0.15) is 49.4 Å². The average Bonchev–Trinajstić information content (AvgIpc) is 3.09. The minimum absolute atomic E-state index is 0.0844. The van der Waals surface area contributed by atoms with Gasteiger partial charge >= 0.3 is 0 Å². The van der Waals surface area contributed by atoms with Crippen LogP contribution in [0.2, 0.25) is 0 Å². The smallest absolute Gasteiger partial charge is 0.191 e. The molecule has 0 amide bonds. The second-order valence-corrected chi connectivity index (χ2v) is 8.23. The fourth-order valence-corrected chi connectivity index (χ4v) is 3.60. The first-order chi connectivity index (χ1) is 15.9. The van der Waals surface area contributed by atoms with Crippen molar-refractivity contribution < 1.29 is 9.84 Å². The summed E-state index contributed by atoms with van der Waals surface area (Å²) in [7, 11) is 0. The largest absolute Gasteiger partial charge is 0.491 e. The fraction of sp³-hybridized carbons (Fsp3) is 0.385. The van der Waals surface area contributed by atoms with Gasteiger partial charge in [-0.3, -0.25) is 0 Å². The Balaban J connectivity index is 1.68. The number of hydrogen-bond acceptors (Lipinski definition) is 4. The summed E-state index contributed by atoms with van der Waals surface area (Å²) in [6.07, 6.45) is -0.602. The highest BCUT2D eigenvalue weighted by molar-refractivity contribution is 5.79. The Morgan fingerprint density at radius 3 is 2.55 bits per heavy atom. The second kappa shape index (κ2) is 11.5. The van der Waals surface area contributed by atoms with Crippen molar-refractivity contribution in [3.63, 3.8) is 0 Å². The van der Waals surface area contributed by atoms with Crippen molar-refractivity contribution in [3.8, 4) is 11.4 Å². The minimum atomic E-state index is -0.686. The highest BCUT2D eigenvalue weighted by Crippen LogP contribution is 2.20. The molecule has 3 N–H and O–H groups in total. The number of aliphatic imine (C=N–C) groups is 1. The van der Waals surface area contributed by atoms with E-state index in [4.69, 9.17) is 14.8 Å². The van der Waals surface area contributed by atoms with Crippen LogP contribution in [0.15, 0.2) is 59.6 Å². The Bertz CT molecular complexity index is 1060. The van der Waals surface area contributed by atoms with Crippen LogP contribution in [0.5, 0.6) is 5.75 Å². The van der Waals surface area contributed by atoms with E-state index in [1.807, 2.05) is 87.0 Å². The molecule has 0 radical (unpaired) electrons. The predicted octanol–water partition coefficient (Wildman–Crippen LogP) is 4.07. The standard InChI is InChI=1S/C26H35N5O2/c1-6-27-26(29-17-25(32)21-11-10-14-23(15-21)33-18(2)3)28-16-24-19(4)30-31(20(24)5)22-12-8-7-9-13-22/h7-15,18,25,32H,6,16-17H2,1-5H3,(H2,27,28,29). The summed E-state index contributed by atoms with van der Waals surface area (Å²) < 4.78 is 7.69. The van der Waals surface area contributed by atoms with E-state index in [9.17, 15) is 5.11 Å². The number of para-hydroxylation sites is 1. The molecule has 1 heterocycles. The summed E-state index contributed by atoms with van der Waals surface area (Å²) in [5.74, 6) is 1.40. The summed E-state index contributed by atoms with van der Waals surface area (Å²) in [5.41, 5.74) is 4.95. The number of nitrogens with zero attached hydrogens (tertiary/aromatic N) is 3. The Morgan fingerprint density at radius 2 is 1.85 bits per heavy atom. The van der Waals surface area contributed by atoms with Crippen molar-refractivity contribution in [3.05, 3.63) is 77.1 Å². The van der Waals surface area contributed by atoms with Crippen LogP contribution < -0.4 is 15.4 Å². The maximum absolute atomic E-state index is 10.7. The van der Waals surface area contributed by atoms with Gasteiger partial charge in [0.25, 0.3) is 0 Å². The van der Waals surface area contributed by atoms with Gasteiger partial charge in [0.2, 0.25) is 0 Å². The van der Waals surface area contributed by atoms with Gasteiger partial charge in [0.15, 0.2) is 5.96 Å². The third-order valence-electron chi connectivity index (χ3n) is 5.26. The molecule has 176 valence electrons. The van der Waals surface area contributed by atoms with Crippen molar-refractivity contribution in [2.45, 2.75) is 53.4 Å². The van der Waals surface area contributed by atoms with Gasteiger partial charge in [0.05, 0.1) is 30.1 Å². The average molecular weight is 450 g/mol. The highest BCUT2D eigenvalue weighted by atomic mass is 16.5. The summed E-state index contributed by atoms with van der Waals surface area (Å²) in [4.78, 5) is 4.74. The minimum Gasteiger partial charge on any atom is -0.491 e. The van der Waals surface area contributed by atoms with E-state index in [0.717, 1.165) is 40.5 Å². The molecule has 0 aliphatic rings. The maximum atomic E-state index is 10.7. The second-order valence-electron chi connectivity index (χ2n) is 8.23. The number of aliphatic hydroxyl groups excluding tert-OH is 1. The fourth-order valence-electron chi connectivity index (χ4n) is 3.60. The van der Waals surface area contributed by atoms with Gasteiger partial charge in [-0.05, 0) is 64.4 Å². The molecule has 2 aromatic carbocycles. The lowest BCUT2D eigenvalue weighted by Gasteiger charge is -2.17. The first kappa shape index (κ1) is 24.3. The first-order valence-corrected chi connectivity index (χ1v) is 11.5. The number of guanidine groups is 1. The van der Waals surface area contributed by atoms with E-state index in [1.165, 1.54) is 0 Å². The van der Waals surface area contributed by atoms with Crippen LogP contribution in [0.25, 0.3) is 5.69 Å². The van der Waals surface area contributed by atoms with Gasteiger partial charge in [-0.1, -0.05) is 30.3 Å². The van der Waals surface area contributed by atoms with E-state index in [0.29, 0.717) is 19.0 Å². The molecule has 7 nitrogen and oxygen atoms in total. The summed E-state index contributed by atoms with van der Waals surface area (Å²) in [6, 6.07) is 17.7. The monoisotopic (exact) mass is 449 g/mol. The molecule has 3 aromatic rings. The van der Waals surface area contributed by atoms with Crippen LogP contribution in [0.4, 0.5) is 0 Å². The third-order valence-corrected chi connectivity index (χ3v) is 5.26. The number of hydrogen-bond donors (Lipinski definition) is 3. The molecule has 33 heavy (non-hydrogen) atoms. The van der Waals surface area contributed by atoms with Crippen molar-refractivity contribution >= 4 is 5.96 Å². The number of aromatic nitrogens is 2. The van der Waals surface area contributed by atoms with Gasteiger partial charge in [0, 0.05) is 24.3 Å². The SMILES string of the molecule is CCNC(=NCc1c(C)nn(-c2ccccc2)c1C)NCC(O)c1cccc(OC(C)C)c1. The Labute approximate surface area is 196 Å².